The second kappa shape index (κ2) is 10.4. The van der Waals surface area contributed by atoms with Gasteiger partial charge in [0.15, 0.2) is 0 Å². The molecule has 0 N–H and O–H groups in total. The fourth-order valence-corrected chi connectivity index (χ4v) is 4.78. The molecule has 0 aliphatic carbocycles. The molecule has 1 atom stereocenters. The smallest absolute Gasteiger partial charge is 0.445 e. The maximum atomic E-state index is 12.9. The summed E-state index contributed by atoms with van der Waals surface area (Å²) in [5, 5.41) is 0.591. The van der Waals surface area contributed by atoms with Gasteiger partial charge in [0.05, 0.1) is 24.1 Å². The Hall–Kier alpha value is -3.98. The van der Waals surface area contributed by atoms with Gasteiger partial charge in [0.25, 0.3) is 0 Å². The molecule has 0 radical (unpaired) electrons. The summed E-state index contributed by atoms with van der Waals surface area (Å²) in [6, 6.07) is 22.4. The number of ether oxygens (including phenoxy) is 2. The van der Waals surface area contributed by atoms with Crippen molar-refractivity contribution in [1.29, 1.82) is 0 Å². The molecule has 5 rings (SSSR count). The SMILES string of the molecule is O=C(OCc1ccccc1)N1CCC(c2ccc(Cl)cc2)(n2cnc(-c3ccc(OC(F)(F)F)cc3)c2)C1. The number of nitrogens with zero attached hydrogens (tertiary/aromatic N) is 3. The third-order valence-electron chi connectivity index (χ3n) is 6.55. The molecule has 10 heteroatoms. The lowest BCUT2D eigenvalue weighted by Crippen LogP contribution is -2.39. The van der Waals surface area contributed by atoms with Crippen molar-refractivity contribution in [2.75, 3.05) is 13.1 Å². The van der Waals surface area contributed by atoms with Gasteiger partial charge in [-0.25, -0.2) is 9.78 Å². The number of hydrogen-bond donors (Lipinski definition) is 0. The van der Waals surface area contributed by atoms with Crippen LogP contribution >= 0.6 is 11.6 Å². The highest BCUT2D eigenvalue weighted by Crippen LogP contribution is 2.38. The zero-order chi connectivity index (χ0) is 26.8. The van der Waals surface area contributed by atoms with Crippen LogP contribution in [-0.2, 0) is 16.9 Å². The average molecular weight is 542 g/mol. The average Bonchev–Trinajstić information content (AvgIpc) is 3.57. The number of hydrogen-bond acceptors (Lipinski definition) is 4. The fraction of sp³-hybridized carbons (Fsp3) is 0.214. The van der Waals surface area contributed by atoms with Gasteiger partial charge in [0.1, 0.15) is 12.4 Å². The molecule has 4 aromatic rings. The van der Waals surface area contributed by atoms with Crippen LogP contribution in [0.15, 0.2) is 91.4 Å². The van der Waals surface area contributed by atoms with E-state index in [0.717, 1.165) is 11.1 Å². The summed E-state index contributed by atoms with van der Waals surface area (Å²) >= 11 is 6.14. The molecule has 2 heterocycles. The zero-order valence-electron chi connectivity index (χ0n) is 20.1. The minimum atomic E-state index is -4.76. The van der Waals surface area contributed by atoms with Crippen LogP contribution in [0.5, 0.6) is 5.75 Å². The molecule has 1 aliphatic heterocycles. The summed E-state index contributed by atoms with van der Waals surface area (Å²) in [5.74, 6) is -0.307. The number of benzene rings is 3. The van der Waals surface area contributed by atoms with Gasteiger partial charge < -0.3 is 18.9 Å². The van der Waals surface area contributed by atoms with Crippen LogP contribution in [0.4, 0.5) is 18.0 Å². The Balaban J connectivity index is 1.39. The zero-order valence-corrected chi connectivity index (χ0v) is 20.8. The van der Waals surface area contributed by atoms with Gasteiger partial charge in [-0.15, -0.1) is 13.2 Å². The second-order valence-corrected chi connectivity index (χ2v) is 9.43. The lowest BCUT2D eigenvalue weighted by Gasteiger charge is -2.31. The van der Waals surface area contributed by atoms with E-state index in [2.05, 4.69) is 9.72 Å². The summed E-state index contributed by atoms with van der Waals surface area (Å²) < 4.78 is 49.0. The van der Waals surface area contributed by atoms with Crippen LogP contribution < -0.4 is 4.74 Å². The second-order valence-electron chi connectivity index (χ2n) is 8.99. The molecule has 0 saturated carbocycles. The first kappa shape index (κ1) is 25.7. The molecular weight excluding hydrogens is 519 g/mol. The van der Waals surface area contributed by atoms with Crippen molar-refractivity contribution >= 4 is 17.7 Å². The number of aromatic nitrogens is 2. The summed E-state index contributed by atoms with van der Waals surface area (Å²) in [6.45, 7) is 0.983. The van der Waals surface area contributed by atoms with E-state index in [1.54, 1.807) is 23.4 Å². The topological polar surface area (TPSA) is 56.6 Å². The Morgan fingerprint density at radius 3 is 2.39 bits per heavy atom. The van der Waals surface area contributed by atoms with E-state index in [0.29, 0.717) is 35.8 Å². The molecule has 1 aromatic heterocycles. The van der Waals surface area contributed by atoms with Gasteiger partial charge in [-0.2, -0.15) is 0 Å². The Bertz CT molecular complexity index is 1390. The van der Waals surface area contributed by atoms with Gasteiger partial charge in [-0.3, -0.25) is 0 Å². The molecule has 196 valence electrons. The van der Waals surface area contributed by atoms with Crippen molar-refractivity contribution < 1.29 is 27.4 Å². The Kier molecular flexibility index (Phi) is 7.03. The third-order valence-corrected chi connectivity index (χ3v) is 6.81. The number of halogens is 4. The molecule has 1 unspecified atom stereocenters. The first-order chi connectivity index (χ1) is 18.2. The van der Waals surface area contributed by atoms with Crippen LogP contribution in [-0.4, -0.2) is 40.0 Å². The monoisotopic (exact) mass is 541 g/mol. The molecule has 0 bridgehead atoms. The van der Waals surface area contributed by atoms with Crippen molar-refractivity contribution in [1.82, 2.24) is 14.5 Å². The van der Waals surface area contributed by atoms with Crippen molar-refractivity contribution in [3.05, 3.63) is 108 Å². The maximum Gasteiger partial charge on any atom is 0.573 e. The molecule has 1 amide bonds. The molecule has 1 fully saturated rings. The molecular formula is C28H23ClF3N3O3. The number of amides is 1. The predicted molar refractivity (Wildman–Crippen MR) is 136 cm³/mol. The van der Waals surface area contributed by atoms with E-state index in [-0.39, 0.29) is 12.4 Å². The highest BCUT2D eigenvalue weighted by molar-refractivity contribution is 6.30. The van der Waals surface area contributed by atoms with E-state index < -0.39 is 18.0 Å². The van der Waals surface area contributed by atoms with Crippen LogP contribution in [0.2, 0.25) is 5.02 Å². The van der Waals surface area contributed by atoms with Crippen LogP contribution in [0.1, 0.15) is 17.5 Å². The summed E-state index contributed by atoms with van der Waals surface area (Å²) in [4.78, 5) is 19.1. The van der Waals surface area contributed by atoms with Crippen LogP contribution in [0.3, 0.4) is 0 Å². The maximum absolute atomic E-state index is 12.9. The Labute approximate surface area is 222 Å². The van der Waals surface area contributed by atoms with Gasteiger partial charge in [-0.1, -0.05) is 54.1 Å². The minimum Gasteiger partial charge on any atom is -0.445 e. The predicted octanol–water partition coefficient (Wildman–Crippen LogP) is 6.89. The standard InChI is InChI=1S/C28H23ClF3N3O3/c29-23-10-8-22(9-11-23)27(14-15-34(18-27)26(36)37-17-20-4-2-1-3-5-20)35-16-25(33-19-35)21-6-12-24(13-7-21)38-28(30,31)32/h1-13,16,19H,14-15,17-18H2. The van der Waals surface area contributed by atoms with Gasteiger partial charge in [0, 0.05) is 23.3 Å². The molecule has 3 aromatic carbocycles. The molecule has 1 aliphatic rings. The van der Waals surface area contributed by atoms with Crippen LogP contribution in [0.25, 0.3) is 11.3 Å². The first-order valence-corrected chi connectivity index (χ1v) is 12.2. The van der Waals surface area contributed by atoms with Gasteiger partial charge in [-0.05, 0) is 53.9 Å². The normalized spacial score (nSPS) is 17.4. The highest BCUT2D eigenvalue weighted by atomic mass is 35.5. The van der Waals surface area contributed by atoms with Crippen molar-refractivity contribution in [3.8, 4) is 17.0 Å². The number of rotatable bonds is 6. The fourth-order valence-electron chi connectivity index (χ4n) is 4.65. The summed E-state index contributed by atoms with van der Waals surface area (Å²) in [6.07, 6.45) is -1.07. The minimum absolute atomic E-state index is 0.174. The Morgan fingerprint density at radius 1 is 1.00 bits per heavy atom. The van der Waals surface area contributed by atoms with Crippen molar-refractivity contribution in [2.45, 2.75) is 24.9 Å². The number of likely N-dealkylation sites (tertiary alicyclic amines) is 1. The van der Waals surface area contributed by atoms with Gasteiger partial charge >= 0.3 is 12.5 Å². The van der Waals surface area contributed by atoms with E-state index in [4.69, 9.17) is 16.3 Å². The van der Waals surface area contributed by atoms with Crippen molar-refractivity contribution in [3.63, 3.8) is 0 Å². The van der Waals surface area contributed by atoms with E-state index in [1.807, 2.05) is 53.2 Å². The lowest BCUT2D eigenvalue weighted by molar-refractivity contribution is -0.274. The summed E-state index contributed by atoms with van der Waals surface area (Å²) in [5.41, 5.74) is 2.40. The van der Waals surface area contributed by atoms with Crippen LogP contribution in [0, 0.1) is 0 Å². The largest absolute Gasteiger partial charge is 0.573 e. The van der Waals surface area contributed by atoms with Crippen molar-refractivity contribution in [2.24, 2.45) is 0 Å². The molecule has 38 heavy (non-hydrogen) atoms. The quantitative estimate of drug-likeness (QED) is 0.267. The highest BCUT2D eigenvalue weighted by Gasteiger charge is 2.43. The third kappa shape index (κ3) is 5.62. The number of carbonyl (C=O) groups excluding carboxylic acids is 1. The van der Waals surface area contributed by atoms with E-state index in [1.165, 1.54) is 24.3 Å². The number of imidazole rings is 1. The molecule has 6 nitrogen and oxygen atoms in total. The summed E-state index contributed by atoms with van der Waals surface area (Å²) in [7, 11) is 0. The van der Waals surface area contributed by atoms with E-state index >= 15 is 0 Å². The number of alkyl halides is 3. The first-order valence-electron chi connectivity index (χ1n) is 11.8. The van der Waals surface area contributed by atoms with E-state index in [9.17, 15) is 18.0 Å². The molecule has 1 saturated heterocycles. The lowest BCUT2D eigenvalue weighted by atomic mass is 9.88. The molecule has 0 spiro atoms. The number of carbonyl (C=O) groups is 1. The van der Waals surface area contributed by atoms with Gasteiger partial charge in [0.2, 0.25) is 0 Å². The Morgan fingerprint density at radius 2 is 1.71 bits per heavy atom.